The van der Waals surface area contributed by atoms with E-state index in [0.29, 0.717) is 11.5 Å². The van der Waals surface area contributed by atoms with Crippen molar-refractivity contribution in [2.75, 3.05) is 19.3 Å². The van der Waals surface area contributed by atoms with Crippen molar-refractivity contribution in [2.45, 2.75) is 0 Å². The van der Waals surface area contributed by atoms with E-state index in [0.717, 1.165) is 0 Å². The molecule has 2 N–H and O–H groups in total. The van der Waals surface area contributed by atoms with Gasteiger partial charge in [0.15, 0.2) is 0 Å². The van der Waals surface area contributed by atoms with Crippen LogP contribution in [0, 0.1) is 12.3 Å². The van der Waals surface area contributed by atoms with Crippen LogP contribution < -0.4 is 5.73 Å². The van der Waals surface area contributed by atoms with Crippen LogP contribution in [0.2, 0.25) is 0 Å². The molecule has 0 spiro atoms. The first-order chi connectivity index (χ1) is 6.65. The molecule has 0 saturated carbocycles. The highest BCUT2D eigenvalue weighted by Crippen LogP contribution is 2.03. The summed E-state index contributed by atoms with van der Waals surface area (Å²) < 4.78 is 0. The molecule has 4 heteroatoms. The molecule has 72 valence electrons. The van der Waals surface area contributed by atoms with E-state index in [4.69, 9.17) is 12.2 Å². The molecule has 1 aromatic heterocycles. The molecule has 4 nitrogen and oxygen atoms in total. The second-order valence-corrected chi connectivity index (χ2v) is 2.81. The van der Waals surface area contributed by atoms with Crippen LogP contribution in [0.25, 0.3) is 0 Å². The first-order valence-electron chi connectivity index (χ1n) is 4.06. The van der Waals surface area contributed by atoms with Crippen LogP contribution in [-0.2, 0) is 0 Å². The van der Waals surface area contributed by atoms with Crippen LogP contribution in [0.5, 0.6) is 0 Å². The lowest BCUT2D eigenvalue weighted by atomic mass is 10.3. The van der Waals surface area contributed by atoms with Crippen molar-refractivity contribution < 1.29 is 4.79 Å². The highest BCUT2D eigenvalue weighted by atomic mass is 16.2. The summed E-state index contributed by atoms with van der Waals surface area (Å²) in [4.78, 5) is 16.9. The van der Waals surface area contributed by atoms with Crippen LogP contribution in [0.15, 0.2) is 18.2 Å². The molecule has 1 heterocycles. The number of amides is 1. The maximum Gasteiger partial charge on any atom is 0.273 e. The molecule has 1 amide bonds. The fraction of sp³-hybridized carbons (Fsp3) is 0.200. The zero-order chi connectivity index (χ0) is 10.6. The second-order valence-electron chi connectivity index (χ2n) is 2.81. The Hall–Kier alpha value is -2.02. The molecule has 0 aliphatic heterocycles. The van der Waals surface area contributed by atoms with Crippen LogP contribution in [0.4, 0.5) is 5.82 Å². The third-order valence-electron chi connectivity index (χ3n) is 1.66. The number of rotatable bonds is 2. The Morgan fingerprint density at radius 2 is 2.43 bits per heavy atom. The maximum absolute atomic E-state index is 11.6. The van der Waals surface area contributed by atoms with Gasteiger partial charge in [-0.3, -0.25) is 4.79 Å². The molecule has 0 bridgehead atoms. The summed E-state index contributed by atoms with van der Waals surface area (Å²) in [7, 11) is 1.62. The van der Waals surface area contributed by atoms with Gasteiger partial charge < -0.3 is 10.6 Å². The number of nitrogen functional groups attached to an aromatic ring is 1. The average Bonchev–Trinajstić information content (AvgIpc) is 2.17. The number of hydrogen-bond acceptors (Lipinski definition) is 3. The van der Waals surface area contributed by atoms with Gasteiger partial charge in [0.25, 0.3) is 5.91 Å². The van der Waals surface area contributed by atoms with Crippen molar-refractivity contribution in [3.8, 4) is 12.3 Å². The van der Waals surface area contributed by atoms with E-state index in [2.05, 4.69) is 10.9 Å². The van der Waals surface area contributed by atoms with Crippen molar-refractivity contribution in [3.05, 3.63) is 23.9 Å². The molecule has 0 aliphatic carbocycles. The number of hydrogen-bond donors (Lipinski definition) is 1. The number of aromatic nitrogens is 1. The lowest BCUT2D eigenvalue weighted by Crippen LogP contribution is -2.27. The summed E-state index contributed by atoms with van der Waals surface area (Å²) in [6.45, 7) is 0.259. The summed E-state index contributed by atoms with van der Waals surface area (Å²) >= 11 is 0. The van der Waals surface area contributed by atoms with Gasteiger partial charge in [-0.05, 0) is 12.1 Å². The zero-order valence-corrected chi connectivity index (χ0v) is 7.90. The fourth-order valence-electron chi connectivity index (χ4n) is 0.975. The summed E-state index contributed by atoms with van der Waals surface area (Å²) in [5, 5.41) is 0. The van der Waals surface area contributed by atoms with Crippen LogP contribution in [0.1, 0.15) is 10.5 Å². The molecular weight excluding hydrogens is 178 g/mol. The van der Waals surface area contributed by atoms with Crippen LogP contribution in [-0.4, -0.2) is 29.4 Å². The monoisotopic (exact) mass is 189 g/mol. The molecule has 1 rings (SSSR count). The highest BCUT2D eigenvalue weighted by Gasteiger charge is 2.11. The first kappa shape index (κ1) is 10.1. The summed E-state index contributed by atoms with van der Waals surface area (Å²) in [6, 6.07) is 4.91. The highest BCUT2D eigenvalue weighted by molar-refractivity contribution is 5.92. The van der Waals surface area contributed by atoms with E-state index in [1.54, 1.807) is 25.2 Å². The van der Waals surface area contributed by atoms with Gasteiger partial charge in [-0.2, -0.15) is 0 Å². The number of pyridine rings is 1. The molecule has 0 unspecified atom stereocenters. The van der Waals surface area contributed by atoms with Gasteiger partial charge in [-0.15, -0.1) is 6.42 Å². The minimum absolute atomic E-state index is 0.227. The fourth-order valence-corrected chi connectivity index (χ4v) is 0.975. The molecule has 0 aliphatic rings. The van der Waals surface area contributed by atoms with E-state index in [1.165, 1.54) is 4.90 Å². The Bertz CT molecular complexity index is 381. The number of nitrogens with zero attached hydrogens (tertiary/aromatic N) is 2. The summed E-state index contributed by atoms with van der Waals surface area (Å²) in [6.07, 6.45) is 5.09. The molecule has 0 saturated heterocycles. The van der Waals surface area contributed by atoms with Crippen molar-refractivity contribution in [3.63, 3.8) is 0 Å². The molecule has 0 fully saturated rings. The molecule has 0 radical (unpaired) electrons. The largest absolute Gasteiger partial charge is 0.384 e. The number of terminal acetylenes is 1. The SMILES string of the molecule is C#CCN(C)C(=O)c1cccc(N)n1. The number of carbonyl (C=O) groups excluding carboxylic acids is 1. The lowest BCUT2D eigenvalue weighted by molar-refractivity contribution is 0.0807. The first-order valence-corrected chi connectivity index (χ1v) is 4.06. The predicted octanol–water partition coefficient (Wildman–Crippen LogP) is 0.369. The Morgan fingerprint density at radius 1 is 1.71 bits per heavy atom. The van der Waals surface area contributed by atoms with Gasteiger partial charge >= 0.3 is 0 Å². The number of nitrogens with two attached hydrogens (primary N) is 1. The second kappa shape index (κ2) is 4.28. The molecule has 1 aromatic rings. The van der Waals surface area contributed by atoms with Gasteiger partial charge in [0.1, 0.15) is 11.5 Å². The van der Waals surface area contributed by atoms with E-state index >= 15 is 0 Å². The van der Waals surface area contributed by atoms with Crippen LogP contribution in [0.3, 0.4) is 0 Å². The standard InChI is InChI=1S/C10H11N3O/c1-3-7-13(2)10(14)8-5-4-6-9(11)12-8/h1,4-6H,7H2,2H3,(H2,11,12). The van der Waals surface area contributed by atoms with Gasteiger partial charge in [-0.1, -0.05) is 12.0 Å². The van der Waals surface area contributed by atoms with Crippen LogP contribution >= 0.6 is 0 Å². The smallest absolute Gasteiger partial charge is 0.273 e. The molecule has 14 heavy (non-hydrogen) atoms. The Labute approximate surface area is 82.7 Å². The Balaban J connectivity index is 2.85. The minimum Gasteiger partial charge on any atom is -0.384 e. The maximum atomic E-state index is 11.6. The Morgan fingerprint density at radius 3 is 3.00 bits per heavy atom. The summed E-state index contributed by atoms with van der Waals surface area (Å²) in [5.74, 6) is 2.48. The van der Waals surface area contributed by atoms with E-state index in [9.17, 15) is 4.79 Å². The Kier molecular flexibility index (Phi) is 3.08. The van der Waals surface area contributed by atoms with Crippen molar-refractivity contribution in [2.24, 2.45) is 0 Å². The normalized spacial score (nSPS) is 9.14. The quantitative estimate of drug-likeness (QED) is 0.684. The molecule has 0 atom stereocenters. The van der Waals surface area contributed by atoms with Gasteiger partial charge in [0, 0.05) is 7.05 Å². The van der Waals surface area contributed by atoms with Crippen molar-refractivity contribution >= 4 is 11.7 Å². The third kappa shape index (κ3) is 2.23. The minimum atomic E-state index is -0.227. The topological polar surface area (TPSA) is 59.2 Å². The molecule has 0 aromatic carbocycles. The predicted molar refractivity (Wildman–Crippen MR) is 54.4 cm³/mol. The van der Waals surface area contributed by atoms with Crippen molar-refractivity contribution in [1.82, 2.24) is 9.88 Å². The number of carbonyl (C=O) groups is 1. The number of anilines is 1. The van der Waals surface area contributed by atoms with Gasteiger partial charge in [0.2, 0.25) is 0 Å². The van der Waals surface area contributed by atoms with E-state index < -0.39 is 0 Å². The molecular formula is C10H11N3O. The zero-order valence-electron chi connectivity index (χ0n) is 7.90. The van der Waals surface area contributed by atoms with Crippen molar-refractivity contribution in [1.29, 1.82) is 0 Å². The van der Waals surface area contributed by atoms with Gasteiger partial charge in [-0.25, -0.2) is 4.98 Å². The third-order valence-corrected chi connectivity index (χ3v) is 1.66. The lowest BCUT2D eigenvalue weighted by Gasteiger charge is -2.12. The van der Waals surface area contributed by atoms with E-state index in [-0.39, 0.29) is 12.5 Å². The summed E-state index contributed by atoms with van der Waals surface area (Å²) in [5.41, 5.74) is 5.76. The van der Waals surface area contributed by atoms with E-state index in [1.807, 2.05) is 0 Å². The van der Waals surface area contributed by atoms with Gasteiger partial charge in [0.05, 0.1) is 6.54 Å². The average molecular weight is 189 g/mol.